The number of hydrogen-bond donors (Lipinski definition) is 3. The highest BCUT2D eigenvalue weighted by Crippen LogP contribution is 2.22. The molecule has 0 aliphatic carbocycles. The first-order valence-electron chi connectivity index (χ1n) is 5.30. The van der Waals surface area contributed by atoms with E-state index in [1.54, 1.807) is 6.20 Å². The Morgan fingerprint density at radius 2 is 2.22 bits per heavy atom. The molecule has 3 N–H and O–H groups in total. The monoisotopic (exact) mass is 335 g/mol. The van der Waals surface area contributed by atoms with Crippen LogP contribution >= 0.6 is 27.3 Å². The number of carboxylic acids is 1. The van der Waals surface area contributed by atoms with Gasteiger partial charge in [0.25, 0.3) is 0 Å². The third-order valence-corrected chi connectivity index (χ3v) is 3.40. The normalized spacial score (nSPS) is 12.2. The third kappa shape index (κ3) is 5.01. The fraction of sp³-hybridized carbons (Fsp3) is 0.500. The van der Waals surface area contributed by atoms with E-state index >= 15 is 0 Å². The number of anilines is 1. The fourth-order valence-corrected chi connectivity index (χ4v) is 2.40. The van der Waals surface area contributed by atoms with Crippen LogP contribution in [0.4, 0.5) is 9.93 Å². The lowest BCUT2D eigenvalue weighted by molar-refractivity contribution is -0.139. The molecule has 1 aromatic heterocycles. The Kier molecular flexibility index (Phi) is 5.54. The number of nitrogens with zero attached hydrogens (tertiary/aromatic N) is 1. The molecule has 0 saturated heterocycles. The van der Waals surface area contributed by atoms with Gasteiger partial charge in [0.1, 0.15) is 6.04 Å². The lowest BCUT2D eigenvalue weighted by Crippen LogP contribution is -2.43. The van der Waals surface area contributed by atoms with Gasteiger partial charge in [0.2, 0.25) is 0 Å². The molecule has 0 aliphatic heterocycles. The maximum atomic E-state index is 11.6. The van der Waals surface area contributed by atoms with Gasteiger partial charge in [0, 0.05) is 0 Å². The Labute approximate surface area is 117 Å². The number of nitrogens with one attached hydrogen (secondary N) is 2. The number of thiazole rings is 1. The van der Waals surface area contributed by atoms with E-state index < -0.39 is 18.0 Å². The fourth-order valence-electron chi connectivity index (χ4n) is 1.30. The Bertz CT molecular complexity index is 436. The van der Waals surface area contributed by atoms with Crippen LogP contribution in [0.25, 0.3) is 0 Å². The molecule has 100 valence electrons. The second-order valence-corrected chi connectivity index (χ2v) is 6.50. The summed E-state index contributed by atoms with van der Waals surface area (Å²) in [5, 5.41) is 14.3. The van der Waals surface area contributed by atoms with Gasteiger partial charge in [0.05, 0.1) is 9.98 Å². The van der Waals surface area contributed by atoms with Gasteiger partial charge in [0.15, 0.2) is 5.13 Å². The Morgan fingerprint density at radius 1 is 1.56 bits per heavy atom. The van der Waals surface area contributed by atoms with Crippen LogP contribution < -0.4 is 10.6 Å². The Balaban J connectivity index is 2.53. The summed E-state index contributed by atoms with van der Waals surface area (Å²) in [4.78, 5) is 26.5. The minimum Gasteiger partial charge on any atom is -0.480 e. The molecule has 2 amide bonds. The molecule has 0 aliphatic rings. The van der Waals surface area contributed by atoms with Gasteiger partial charge in [-0.1, -0.05) is 25.2 Å². The first-order valence-corrected chi connectivity index (χ1v) is 6.91. The predicted octanol–water partition coefficient (Wildman–Crippen LogP) is 2.53. The zero-order valence-corrected chi connectivity index (χ0v) is 12.3. The van der Waals surface area contributed by atoms with Crippen LogP contribution in [0.3, 0.4) is 0 Å². The number of aliphatic carboxylic acids is 1. The smallest absolute Gasteiger partial charge is 0.326 e. The zero-order chi connectivity index (χ0) is 13.7. The standard InChI is InChI=1S/C10H14BrN3O3S/c1-5(2)3-6(8(15)16)13-9(17)14-10-12-4-7(11)18-10/h4-6H,3H2,1-2H3,(H,15,16)(H2,12,13,14,17). The molecular formula is C10H14BrN3O3S. The lowest BCUT2D eigenvalue weighted by Gasteiger charge is -2.16. The van der Waals surface area contributed by atoms with Crippen molar-refractivity contribution >= 4 is 44.4 Å². The molecule has 1 atom stereocenters. The van der Waals surface area contributed by atoms with Gasteiger partial charge >= 0.3 is 12.0 Å². The molecule has 0 radical (unpaired) electrons. The van der Waals surface area contributed by atoms with Crippen LogP contribution in [-0.2, 0) is 4.79 Å². The maximum Gasteiger partial charge on any atom is 0.326 e. The Morgan fingerprint density at radius 3 is 2.67 bits per heavy atom. The van der Waals surface area contributed by atoms with Gasteiger partial charge < -0.3 is 10.4 Å². The maximum absolute atomic E-state index is 11.6. The number of halogens is 1. The quantitative estimate of drug-likeness (QED) is 0.770. The van der Waals surface area contributed by atoms with E-state index in [1.807, 2.05) is 13.8 Å². The molecule has 1 rings (SSSR count). The number of carboxylic acid groups (broad SMARTS) is 1. The number of carbonyl (C=O) groups excluding carboxylic acids is 1. The van der Waals surface area contributed by atoms with Gasteiger partial charge in [-0.3, -0.25) is 5.32 Å². The van der Waals surface area contributed by atoms with E-state index in [2.05, 4.69) is 31.5 Å². The van der Waals surface area contributed by atoms with Crippen molar-refractivity contribution < 1.29 is 14.7 Å². The summed E-state index contributed by atoms with van der Waals surface area (Å²) >= 11 is 4.47. The highest BCUT2D eigenvalue weighted by molar-refractivity contribution is 9.11. The molecule has 0 saturated carbocycles. The van der Waals surface area contributed by atoms with Crippen LogP contribution in [0.5, 0.6) is 0 Å². The van der Waals surface area contributed by atoms with Crippen molar-refractivity contribution in [1.82, 2.24) is 10.3 Å². The second kappa shape index (κ2) is 6.69. The lowest BCUT2D eigenvalue weighted by atomic mass is 10.0. The zero-order valence-electron chi connectivity index (χ0n) is 9.94. The highest BCUT2D eigenvalue weighted by atomic mass is 79.9. The SMILES string of the molecule is CC(C)CC(NC(=O)Nc1ncc(Br)s1)C(=O)O. The minimum atomic E-state index is -1.04. The van der Waals surface area contributed by atoms with Crippen molar-refractivity contribution in [3.05, 3.63) is 9.98 Å². The summed E-state index contributed by atoms with van der Waals surface area (Å²) < 4.78 is 0.787. The second-order valence-electron chi connectivity index (χ2n) is 4.09. The minimum absolute atomic E-state index is 0.181. The molecule has 8 heteroatoms. The molecule has 0 bridgehead atoms. The topological polar surface area (TPSA) is 91.3 Å². The van der Waals surface area contributed by atoms with Gasteiger partial charge in [-0.05, 0) is 28.3 Å². The van der Waals surface area contributed by atoms with Crippen LogP contribution in [0.15, 0.2) is 9.98 Å². The van der Waals surface area contributed by atoms with E-state index in [1.165, 1.54) is 11.3 Å². The summed E-state index contributed by atoms with van der Waals surface area (Å²) in [5.74, 6) is -0.862. The van der Waals surface area contributed by atoms with E-state index in [4.69, 9.17) is 5.11 Å². The summed E-state index contributed by atoms with van der Waals surface area (Å²) in [6.07, 6.45) is 1.94. The van der Waals surface area contributed by atoms with E-state index in [0.29, 0.717) is 11.6 Å². The van der Waals surface area contributed by atoms with E-state index in [-0.39, 0.29) is 5.92 Å². The van der Waals surface area contributed by atoms with Crippen LogP contribution in [-0.4, -0.2) is 28.1 Å². The molecule has 1 aromatic rings. The molecule has 1 heterocycles. The highest BCUT2D eigenvalue weighted by Gasteiger charge is 2.21. The molecule has 18 heavy (non-hydrogen) atoms. The number of amides is 2. The Hall–Kier alpha value is -1.15. The number of urea groups is 1. The van der Waals surface area contributed by atoms with E-state index in [9.17, 15) is 9.59 Å². The largest absolute Gasteiger partial charge is 0.480 e. The molecule has 0 spiro atoms. The number of aromatic nitrogens is 1. The number of carbonyl (C=O) groups is 2. The summed E-state index contributed by atoms with van der Waals surface area (Å²) in [6, 6.07) is -1.46. The predicted molar refractivity (Wildman–Crippen MR) is 72.8 cm³/mol. The summed E-state index contributed by atoms with van der Waals surface area (Å²) in [6.45, 7) is 3.79. The van der Waals surface area contributed by atoms with Gasteiger partial charge in [-0.15, -0.1) is 0 Å². The van der Waals surface area contributed by atoms with Crippen molar-refractivity contribution in [2.24, 2.45) is 5.92 Å². The van der Waals surface area contributed by atoms with Crippen molar-refractivity contribution in [2.45, 2.75) is 26.3 Å². The molecule has 1 unspecified atom stereocenters. The third-order valence-electron chi connectivity index (χ3n) is 2.01. The first-order chi connectivity index (χ1) is 8.38. The van der Waals surface area contributed by atoms with Gasteiger partial charge in [-0.25, -0.2) is 14.6 Å². The molecule has 6 nitrogen and oxygen atoms in total. The van der Waals surface area contributed by atoms with Crippen molar-refractivity contribution in [2.75, 3.05) is 5.32 Å². The molecule has 0 aromatic carbocycles. The number of hydrogen-bond acceptors (Lipinski definition) is 4. The average molecular weight is 336 g/mol. The van der Waals surface area contributed by atoms with Gasteiger partial charge in [-0.2, -0.15) is 0 Å². The van der Waals surface area contributed by atoms with Crippen LogP contribution in [0.2, 0.25) is 0 Å². The van der Waals surface area contributed by atoms with Crippen molar-refractivity contribution in [3.8, 4) is 0 Å². The number of rotatable bonds is 5. The van der Waals surface area contributed by atoms with Crippen molar-refractivity contribution in [1.29, 1.82) is 0 Å². The summed E-state index contributed by atoms with van der Waals surface area (Å²) in [5.41, 5.74) is 0. The van der Waals surface area contributed by atoms with Crippen LogP contribution in [0, 0.1) is 5.92 Å². The molecule has 0 fully saturated rings. The molecular weight excluding hydrogens is 322 g/mol. The van der Waals surface area contributed by atoms with E-state index in [0.717, 1.165) is 3.79 Å². The summed E-state index contributed by atoms with van der Waals surface area (Å²) in [7, 11) is 0. The average Bonchev–Trinajstić information content (AvgIpc) is 2.62. The first kappa shape index (κ1) is 14.9. The van der Waals surface area contributed by atoms with Crippen LogP contribution in [0.1, 0.15) is 20.3 Å². The van der Waals surface area contributed by atoms with Crippen molar-refractivity contribution in [3.63, 3.8) is 0 Å².